The maximum absolute atomic E-state index is 11.8. The molecule has 0 aliphatic heterocycles. The van der Waals surface area contributed by atoms with E-state index in [-0.39, 0.29) is 0 Å². The van der Waals surface area contributed by atoms with Crippen molar-refractivity contribution >= 4 is 11.9 Å². The molecule has 0 aromatic heterocycles. The number of hydrogen-bond acceptors (Lipinski definition) is 3. The van der Waals surface area contributed by atoms with Crippen molar-refractivity contribution in [2.75, 3.05) is 0 Å². The second-order valence-electron chi connectivity index (χ2n) is 4.45. The predicted molar refractivity (Wildman–Crippen MR) is 64.3 cm³/mol. The minimum atomic E-state index is -1.06. The Bertz CT molecular complexity index is 453. The maximum atomic E-state index is 11.8. The number of hydrogen-bond donors (Lipinski definition) is 2. The Kier molecular flexibility index (Phi) is 3.23. The van der Waals surface area contributed by atoms with Crippen molar-refractivity contribution in [2.45, 2.75) is 31.4 Å². The van der Waals surface area contributed by atoms with E-state index < -0.39 is 23.5 Å². The molecule has 0 heterocycles. The van der Waals surface area contributed by atoms with Gasteiger partial charge in [0, 0.05) is 0 Å². The summed E-state index contributed by atoms with van der Waals surface area (Å²) in [7, 11) is 0. The molecule has 0 saturated heterocycles. The standard InChI is InChI=1S/C13H15NO4/c1-9(18-10-5-3-2-4-6-10)11(15)14-13(7-8-13)12(16)17/h2-6,9H,7-8H2,1H3,(H,14,15)(H,16,17). The first kappa shape index (κ1) is 12.4. The Morgan fingerprint density at radius 1 is 1.33 bits per heavy atom. The molecular formula is C13H15NO4. The number of amides is 1. The van der Waals surface area contributed by atoms with Crippen molar-refractivity contribution in [2.24, 2.45) is 0 Å². The summed E-state index contributed by atoms with van der Waals surface area (Å²) in [6, 6.07) is 8.95. The van der Waals surface area contributed by atoms with E-state index in [0.717, 1.165) is 0 Å². The average Bonchev–Trinajstić information content (AvgIpc) is 3.11. The van der Waals surface area contributed by atoms with Crippen molar-refractivity contribution in [1.82, 2.24) is 5.32 Å². The number of ether oxygens (including phenoxy) is 1. The van der Waals surface area contributed by atoms with Crippen molar-refractivity contribution in [1.29, 1.82) is 0 Å². The lowest BCUT2D eigenvalue weighted by Gasteiger charge is -2.18. The highest BCUT2D eigenvalue weighted by Gasteiger charge is 2.52. The smallest absolute Gasteiger partial charge is 0.329 e. The quantitative estimate of drug-likeness (QED) is 0.821. The summed E-state index contributed by atoms with van der Waals surface area (Å²) in [6.45, 7) is 1.60. The third kappa shape index (κ3) is 2.61. The summed E-state index contributed by atoms with van der Waals surface area (Å²) in [5, 5.41) is 11.5. The van der Waals surface area contributed by atoms with Crippen LogP contribution in [0.15, 0.2) is 30.3 Å². The van der Waals surface area contributed by atoms with Crippen LogP contribution in [0.3, 0.4) is 0 Å². The fourth-order valence-electron chi connectivity index (χ4n) is 1.61. The normalized spacial score (nSPS) is 17.6. The molecule has 1 atom stereocenters. The zero-order valence-corrected chi connectivity index (χ0v) is 10.1. The summed E-state index contributed by atoms with van der Waals surface area (Å²) >= 11 is 0. The second kappa shape index (κ2) is 4.68. The van der Waals surface area contributed by atoms with Gasteiger partial charge in [0.15, 0.2) is 6.10 Å². The van der Waals surface area contributed by atoms with E-state index in [0.29, 0.717) is 18.6 Å². The number of rotatable bonds is 5. The molecule has 0 spiro atoms. The number of para-hydroxylation sites is 1. The Labute approximate surface area is 105 Å². The summed E-state index contributed by atoms with van der Waals surface area (Å²) in [4.78, 5) is 22.8. The molecule has 0 radical (unpaired) electrons. The van der Waals surface area contributed by atoms with Crippen molar-refractivity contribution < 1.29 is 19.4 Å². The van der Waals surface area contributed by atoms with Gasteiger partial charge in [-0.3, -0.25) is 4.79 Å². The molecule has 0 bridgehead atoms. The SMILES string of the molecule is CC(Oc1ccccc1)C(=O)NC1(C(=O)O)CC1. The first-order valence-corrected chi connectivity index (χ1v) is 5.81. The van der Waals surface area contributed by atoms with Gasteiger partial charge in [0.05, 0.1) is 0 Å². The van der Waals surface area contributed by atoms with E-state index in [1.54, 1.807) is 31.2 Å². The minimum Gasteiger partial charge on any atom is -0.481 e. The van der Waals surface area contributed by atoms with E-state index in [1.807, 2.05) is 6.07 Å². The zero-order valence-electron chi connectivity index (χ0n) is 10.1. The van der Waals surface area contributed by atoms with Crippen LogP contribution in [-0.4, -0.2) is 28.6 Å². The highest BCUT2D eigenvalue weighted by Crippen LogP contribution is 2.35. The zero-order chi connectivity index (χ0) is 13.2. The molecule has 1 aromatic carbocycles. The van der Waals surface area contributed by atoms with E-state index in [2.05, 4.69) is 5.32 Å². The number of aliphatic carboxylic acids is 1. The van der Waals surface area contributed by atoms with Gasteiger partial charge in [0.2, 0.25) is 0 Å². The molecule has 1 saturated carbocycles. The average molecular weight is 249 g/mol. The van der Waals surface area contributed by atoms with E-state index in [4.69, 9.17) is 9.84 Å². The van der Waals surface area contributed by atoms with Crippen molar-refractivity contribution in [3.63, 3.8) is 0 Å². The molecule has 2 N–H and O–H groups in total. The first-order valence-electron chi connectivity index (χ1n) is 5.81. The number of carboxylic acids is 1. The number of benzene rings is 1. The van der Waals surface area contributed by atoms with Gasteiger partial charge in [0.25, 0.3) is 5.91 Å². The van der Waals surface area contributed by atoms with Crippen molar-refractivity contribution in [3.8, 4) is 5.75 Å². The van der Waals surface area contributed by atoms with Gasteiger partial charge in [-0.15, -0.1) is 0 Å². The Morgan fingerprint density at radius 3 is 2.44 bits per heavy atom. The third-order valence-electron chi connectivity index (χ3n) is 2.95. The van der Waals surface area contributed by atoms with Crippen LogP contribution in [0.25, 0.3) is 0 Å². The summed E-state index contributed by atoms with van der Waals surface area (Å²) in [6.07, 6.45) is 0.238. The number of carbonyl (C=O) groups excluding carboxylic acids is 1. The van der Waals surface area contributed by atoms with Crippen LogP contribution in [0.2, 0.25) is 0 Å². The molecule has 1 fully saturated rings. The maximum Gasteiger partial charge on any atom is 0.329 e. The Hall–Kier alpha value is -2.04. The Morgan fingerprint density at radius 2 is 1.94 bits per heavy atom. The lowest BCUT2D eigenvalue weighted by Crippen LogP contribution is -2.48. The molecule has 18 heavy (non-hydrogen) atoms. The van der Waals surface area contributed by atoms with Gasteiger partial charge in [-0.2, -0.15) is 0 Å². The van der Waals surface area contributed by atoms with Gasteiger partial charge in [-0.1, -0.05) is 18.2 Å². The molecule has 1 unspecified atom stereocenters. The molecule has 96 valence electrons. The molecule has 5 heteroatoms. The molecule has 1 aromatic rings. The topological polar surface area (TPSA) is 75.6 Å². The molecule has 5 nitrogen and oxygen atoms in total. The molecule has 1 aliphatic carbocycles. The van der Waals surface area contributed by atoms with Crippen LogP contribution < -0.4 is 10.1 Å². The fourth-order valence-corrected chi connectivity index (χ4v) is 1.61. The summed E-state index contributed by atoms with van der Waals surface area (Å²) in [5.41, 5.74) is -1.06. The number of carboxylic acid groups (broad SMARTS) is 1. The third-order valence-corrected chi connectivity index (χ3v) is 2.95. The lowest BCUT2D eigenvalue weighted by molar-refractivity contribution is -0.144. The van der Waals surface area contributed by atoms with Gasteiger partial charge in [-0.05, 0) is 31.9 Å². The lowest BCUT2D eigenvalue weighted by atomic mass is 10.2. The van der Waals surface area contributed by atoms with E-state index >= 15 is 0 Å². The minimum absolute atomic E-state index is 0.404. The van der Waals surface area contributed by atoms with Gasteiger partial charge >= 0.3 is 5.97 Å². The van der Waals surface area contributed by atoms with Crippen molar-refractivity contribution in [3.05, 3.63) is 30.3 Å². The monoisotopic (exact) mass is 249 g/mol. The van der Waals surface area contributed by atoms with Crippen LogP contribution in [0.1, 0.15) is 19.8 Å². The molecular weight excluding hydrogens is 234 g/mol. The fraction of sp³-hybridized carbons (Fsp3) is 0.385. The molecule has 1 aliphatic rings. The number of carbonyl (C=O) groups is 2. The largest absolute Gasteiger partial charge is 0.481 e. The highest BCUT2D eigenvalue weighted by molar-refractivity contribution is 5.91. The van der Waals surface area contributed by atoms with Gasteiger partial charge in [-0.25, -0.2) is 4.79 Å². The molecule has 1 amide bonds. The number of nitrogens with one attached hydrogen (secondary N) is 1. The van der Waals surface area contributed by atoms with Gasteiger partial charge in [0.1, 0.15) is 11.3 Å². The summed E-state index contributed by atoms with van der Waals surface area (Å²) in [5.74, 6) is -0.804. The van der Waals surface area contributed by atoms with Crippen LogP contribution in [0.5, 0.6) is 5.75 Å². The van der Waals surface area contributed by atoms with Crippen LogP contribution in [0, 0.1) is 0 Å². The van der Waals surface area contributed by atoms with E-state index in [9.17, 15) is 9.59 Å². The predicted octanol–water partition coefficient (Wildman–Crippen LogP) is 1.19. The van der Waals surface area contributed by atoms with E-state index in [1.165, 1.54) is 0 Å². The first-order chi connectivity index (χ1) is 8.53. The van der Waals surface area contributed by atoms with Crippen LogP contribution >= 0.6 is 0 Å². The van der Waals surface area contributed by atoms with Crippen LogP contribution in [0.4, 0.5) is 0 Å². The second-order valence-corrected chi connectivity index (χ2v) is 4.45. The Balaban J connectivity index is 1.92. The molecule has 2 rings (SSSR count). The van der Waals surface area contributed by atoms with Crippen LogP contribution in [-0.2, 0) is 9.59 Å². The summed E-state index contributed by atoms with van der Waals surface area (Å²) < 4.78 is 5.42. The van der Waals surface area contributed by atoms with Gasteiger partial charge < -0.3 is 15.2 Å². The highest BCUT2D eigenvalue weighted by atomic mass is 16.5.